The molecule has 0 aromatic heterocycles. The molecule has 74 valence electrons. The van der Waals surface area contributed by atoms with Gasteiger partial charge in [0, 0.05) is 10.0 Å². The maximum atomic E-state index is 13.4. The Morgan fingerprint density at radius 1 is 1.43 bits per heavy atom. The molecule has 0 heterocycles. The first-order valence-electron chi connectivity index (χ1n) is 4.47. The van der Waals surface area contributed by atoms with Crippen molar-refractivity contribution >= 4 is 33.1 Å². The first-order valence-corrected chi connectivity index (χ1v) is 5.70. The number of rotatable bonds is 1. The van der Waals surface area contributed by atoms with Crippen molar-refractivity contribution in [2.75, 3.05) is 0 Å². The standard InChI is InChI=1S/C11H9BrClF/c12-8-2-4-11(14)10(6-8)7-1-3-9(13)5-7/h2,4-6,9H,1,3H2. The third kappa shape index (κ3) is 2.01. The van der Waals surface area contributed by atoms with Crippen LogP contribution in [0.15, 0.2) is 28.7 Å². The van der Waals surface area contributed by atoms with Crippen molar-refractivity contribution in [1.82, 2.24) is 0 Å². The van der Waals surface area contributed by atoms with Crippen LogP contribution < -0.4 is 0 Å². The summed E-state index contributed by atoms with van der Waals surface area (Å²) in [7, 11) is 0. The number of hydrogen-bond donors (Lipinski definition) is 0. The van der Waals surface area contributed by atoms with Crippen molar-refractivity contribution in [3.8, 4) is 0 Å². The van der Waals surface area contributed by atoms with Gasteiger partial charge in [-0.05, 0) is 36.6 Å². The summed E-state index contributed by atoms with van der Waals surface area (Å²) < 4.78 is 14.3. The highest BCUT2D eigenvalue weighted by atomic mass is 79.9. The van der Waals surface area contributed by atoms with E-state index in [0.29, 0.717) is 5.56 Å². The quantitative estimate of drug-likeness (QED) is 0.668. The van der Waals surface area contributed by atoms with E-state index >= 15 is 0 Å². The van der Waals surface area contributed by atoms with Gasteiger partial charge in [-0.25, -0.2) is 4.39 Å². The van der Waals surface area contributed by atoms with Gasteiger partial charge in [-0.1, -0.05) is 22.0 Å². The lowest BCUT2D eigenvalue weighted by Crippen LogP contribution is -1.87. The van der Waals surface area contributed by atoms with Crippen LogP contribution in [0.1, 0.15) is 18.4 Å². The Morgan fingerprint density at radius 2 is 2.21 bits per heavy atom. The lowest BCUT2D eigenvalue weighted by Gasteiger charge is -2.04. The molecule has 0 saturated carbocycles. The summed E-state index contributed by atoms with van der Waals surface area (Å²) in [5.41, 5.74) is 1.69. The highest BCUT2D eigenvalue weighted by molar-refractivity contribution is 9.10. The van der Waals surface area contributed by atoms with Crippen molar-refractivity contribution in [2.24, 2.45) is 0 Å². The fraction of sp³-hybridized carbons (Fsp3) is 0.273. The minimum Gasteiger partial charge on any atom is -0.206 e. The first-order chi connectivity index (χ1) is 6.66. The van der Waals surface area contributed by atoms with Crippen LogP contribution in [0.2, 0.25) is 0 Å². The SMILES string of the molecule is Fc1ccc(Br)cc1C1=CC(Cl)CC1. The molecule has 0 aliphatic heterocycles. The molecule has 1 aromatic carbocycles. The second kappa shape index (κ2) is 4.03. The van der Waals surface area contributed by atoms with Crippen LogP contribution in [0.5, 0.6) is 0 Å². The molecule has 0 radical (unpaired) electrons. The Hall–Kier alpha value is -0.340. The second-order valence-electron chi connectivity index (χ2n) is 3.37. The number of hydrogen-bond acceptors (Lipinski definition) is 0. The van der Waals surface area contributed by atoms with Crippen molar-refractivity contribution in [2.45, 2.75) is 18.2 Å². The van der Waals surface area contributed by atoms with Crippen molar-refractivity contribution in [3.63, 3.8) is 0 Å². The molecule has 0 amide bonds. The zero-order valence-corrected chi connectivity index (χ0v) is 9.78. The Morgan fingerprint density at radius 3 is 2.86 bits per heavy atom. The summed E-state index contributed by atoms with van der Waals surface area (Å²) in [4.78, 5) is 0. The molecule has 0 spiro atoms. The fourth-order valence-electron chi connectivity index (χ4n) is 1.65. The van der Waals surface area contributed by atoms with Crippen LogP contribution >= 0.6 is 27.5 Å². The highest BCUT2D eigenvalue weighted by Crippen LogP contribution is 2.33. The summed E-state index contributed by atoms with van der Waals surface area (Å²) in [6.45, 7) is 0. The topological polar surface area (TPSA) is 0 Å². The molecular weight excluding hydrogens is 266 g/mol. The van der Waals surface area contributed by atoms with Gasteiger partial charge in [-0.15, -0.1) is 11.6 Å². The molecule has 0 bridgehead atoms. The third-order valence-electron chi connectivity index (χ3n) is 2.35. The van der Waals surface area contributed by atoms with E-state index in [1.807, 2.05) is 6.08 Å². The van der Waals surface area contributed by atoms with E-state index in [-0.39, 0.29) is 11.2 Å². The molecule has 1 aliphatic rings. The number of alkyl halides is 1. The third-order valence-corrected chi connectivity index (χ3v) is 3.18. The van der Waals surface area contributed by atoms with E-state index < -0.39 is 0 Å². The van der Waals surface area contributed by atoms with Gasteiger partial charge in [0.25, 0.3) is 0 Å². The summed E-state index contributed by atoms with van der Waals surface area (Å²) >= 11 is 9.27. The van der Waals surface area contributed by atoms with Gasteiger partial charge in [0.2, 0.25) is 0 Å². The first kappa shape index (κ1) is 10.2. The monoisotopic (exact) mass is 274 g/mol. The summed E-state index contributed by atoms with van der Waals surface area (Å²) in [5.74, 6) is -0.176. The molecule has 1 atom stereocenters. The molecule has 0 N–H and O–H groups in total. The summed E-state index contributed by atoms with van der Waals surface area (Å²) in [5, 5.41) is 0.0587. The largest absolute Gasteiger partial charge is 0.206 e. The molecule has 0 fully saturated rings. The maximum absolute atomic E-state index is 13.4. The minimum atomic E-state index is -0.176. The Bertz CT molecular complexity index is 387. The van der Waals surface area contributed by atoms with Crippen molar-refractivity contribution in [1.29, 1.82) is 0 Å². The zero-order chi connectivity index (χ0) is 10.1. The van der Waals surface area contributed by atoms with Crippen LogP contribution in [0.3, 0.4) is 0 Å². The van der Waals surface area contributed by atoms with Crippen LogP contribution in [0.25, 0.3) is 5.57 Å². The Balaban J connectivity index is 2.41. The average molecular weight is 276 g/mol. The smallest absolute Gasteiger partial charge is 0.130 e. The molecule has 1 unspecified atom stereocenters. The molecule has 14 heavy (non-hydrogen) atoms. The van der Waals surface area contributed by atoms with Crippen LogP contribution in [0.4, 0.5) is 4.39 Å². The van der Waals surface area contributed by atoms with E-state index in [2.05, 4.69) is 15.9 Å². The number of benzene rings is 1. The van der Waals surface area contributed by atoms with Crippen molar-refractivity contribution < 1.29 is 4.39 Å². The van der Waals surface area contributed by atoms with E-state index in [4.69, 9.17) is 11.6 Å². The maximum Gasteiger partial charge on any atom is 0.130 e. The zero-order valence-electron chi connectivity index (χ0n) is 7.43. The molecule has 0 saturated heterocycles. The van der Waals surface area contributed by atoms with Crippen LogP contribution in [-0.4, -0.2) is 5.38 Å². The lowest BCUT2D eigenvalue weighted by molar-refractivity contribution is 0.623. The highest BCUT2D eigenvalue weighted by Gasteiger charge is 2.17. The minimum absolute atomic E-state index is 0.0587. The summed E-state index contributed by atoms with van der Waals surface area (Å²) in [6, 6.07) is 4.98. The Labute approximate surface area is 95.9 Å². The van der Waals surface area contributed by atoms with Gasteiger partial charge in [0.1, 0.15) is 5.82 Å². The summed E-state index contributed by atoms with van der Waals surface area (Å²) in [6.07, 6.45) is 3.71. The van der Waals surface area contributed by atoms with E-state index in [1.165, 1.54) is 6.07 Å². The van der Waals surface area contributed by atoms with Gasteiger partial charge in [-0.2, -0.15) is 0 Å². The van der Waals surface area contributed by atoms with E-state index in [0.717, 1.165) is 22.9 Å². The fourth-order valence-corrected chi connectivity index (χ4v) is 2.27. The molecular formula is C11H9BrClF. The Kier molecular flexibility index (Phi) is 2.93. The van der Waals surface area contributed by atoms with E-state index in [1.54, 1.807) is 12.1 Å². The van der Waals surface area contributed by atoms with Gasteiger partial charge in [0.05, 0.1) is 5.38 Å². The van der Waals surface area contributed by atoms with Crippen molar-refractivity contribution in [3.05, 3.63) is 40.1 Å². The van der Waals surface area contributed by atoms with Gasteiger partial charge in [-0.3, -0.25) is 0 Å². The molecule has 3 heteroatoms. The van der Waals surface area contributed by atoms with Gasteiger partial charge < -0.3 is 0 Å². The van der Waals surface area contributed by atoms with Gasteiger partial charge >= 0.3 is 0 Å². The van der Waals surface area contributed by atoms with Gasteiger partial charge in [0.15, 0.2) is 0 Å². The molecule has 0 nitrogen and oxygen atoms in total. The number of allylic oxidation sites excluding steroid dienone is 2. The molecule has 1 aliphatic carbocycles. The van der Waals surface area contributed by atoms with E-state index in [9.17, 15) is 4.39 Å². The predicted molar refractivity (Wildman–Crippen MR) is 61.0 cm³/mol. The lowest BCUT2D eigenvalue weighted by atomic mass is 10.1. The predicted octanol–water partition coefficient (Wildman–Crippen LogP) is 4.37. The normalized spacial score (nSPS) is 21.1. The average Bonchev–Trinajstić information content (AvgIpc) is 2.56. The molecule has 1 aromatic rings. The number of halogens is 3. The second-order valence-corrected chi connectivity index (χ2v) is 4.85. The van der Waals surface area contributed by atoms with Crippen LogP contribution in [0, 0.1) is 5.82 Å². The molecule has 2 rings (SSSR count). The van der Waals surface area contributed by atoms with Crippen LogP contribution in [-0.2, 0) is 0 Å².